The normalized spacial score (nSPS) is 19.6. The van der Waals surface area contributed by atoms with Gasteiger partial charge in [0.15, 0.2) is 0 Å². The van der Waals surface area contributed by atoms with Crippen molar-refractivity contribution in [3.05, 3.63) is 0 Å². The molecular formula is C17H31N5O6. The van der Waals surface area contributed by atoms with Crippen LogP contribution in [0.15, 0.2) is 0 Å². The van der Waals surface area contributed by atoms with Gasteiger partial charge < -0.3 is 37.2 Å². The first-order chi connectivity index (χ1) is 13.2. The Hall–Kier alpha value is -2.24. The number of nitrogens with two attached hydrogens (primary N) is 2. The minimum Gasteiger partial charge on any atom is -0.480 e. The zero-order valence-electron chi connectivity index (χ0n) is 16.1. The molecule has 11 heteroatoms. The summed E-state index contributed by atoms with van der Waals surface area (Å²) in [5.41, 5.74) is 11.2. The topological polar surface area (TPSA) is 188 Å². The number of nitrogens with zero attached hydrogens (tertiary/aromatic N) is 1. The van der Waals surface area contributed by atoms with Crippen molar-refractivity contribution < 1.29 is 29.4 Å². The molecule has 11 nitrogen and oxygen atoms in total. The third-order valence-electron chi connectivity index (χ3n) is 4.68. The molecule has 0 spiro atoms. The van der Waals surface area contributed by atoms with Crippen molar-refractivity contribution in [3.8, 4) is 0 Å². The van der Waals surface area contributed by atoms with Crippen LogP contribution in [0, 0.1) is 0 Å². The van der Waals surface area contributed by atoms with E-state index in [1.165, 1.54) is 6.92 Å². The van der Waals surface area contributed by atoms with Crippen LogP contribution in [-0.4, -0.2) is 82.7 Å². The summed E-state index contributed by atoms with van der Waals surface area (Å²) >= 11 is 0. The molecule has 0 radical (unpaired) electrons. The second-order valence-electron chi connectivity index (χ2n) is 6.89. The molecule has 0 saturated carbocycles. The Morgan fingerprint density at radius 1 is 1.18 bits per heavy atom. The number of likely N-dealkylation sites (tertiary alicyclic amines) is 1. The lowest BCUT2D eigenvalue weighted by Gasteiger charge is -2.27. The van der Waals surface area contributed by atoms with Crippen LogP contribution >= 0.6 is 0 Å². The molecule has 4 atom stereocenters. The Morgan fingerprint density at radius 2 is 1.86 bits per heavy atom. The van der Waals surface area contributed by atoms with E-state index >= 15 is 0 Å². The van der Waals surface area contributed by atoms with E-state index < -0.39 is 54.5 Å². The zero-order chi connectivity index (χ0) is 21.3. The van der Waals surface area contributed by atoms with Gasteiger partial charge >= 0.3 is 5.97 Å². The molecule has 0 aliphatic carbocycles. The number of rotatable bonds is 11. The fraction of sp³-hybridized carbons (Fsp3) is 0.765. The minimum atomic E-state index is -1.29. The highest BCUT2D eigenvalue weighted by Crippen LogP contribution is 2.18. The van der Waals surface area contributed by atoms with Crippen molar-refractivity contribution in [3.63, 3.8) is 0 Å². The smallest absolute Gasteiger partial charge is 0.326 e. The summed E-state index contributed by atoms with van der Waals surface area (Å²) in [7, 11) is 0. The third-order valence-corrected chi connectivity index (χ3v) is 4.68. The first-order valence-electron chi connectivity index (χ1n) is 9.43. The summed E-state index contributed by atoms with van der Waals surface area (Å²) in [6.45, 7) is 1.48. The fourth-order valence-corrected chi connectivity index (χ4v) is 3.00. The van der Waals surface area contributed by atoms with Crippen molar-refractivity contribution in [2.75, 3.05) is 19.7 Å². The number of aliphatic hydroxyl groups is 1. The summed E-state index contributed by atoms with van der Waals surface area (Å²) in [6.07, 6.45) is 2.71. The SMILES string of the molecule is CC(NC(=O)C(N)CCCCN)C(=O)NC(CO)C(=O)N1CCCC1C(=O)O. The second kappa shape index (κ2) is 11.6. The van der Waals surface area contributed by atoms with Crippen molar-refractivity contribution >= 4 is 23.7 Å². The highest BCUT2D eigenvalue weighted by Gasteiger charge is 2.37. The van der Waals surface area contributed by atoms with Crippen LogP contribution < -0.4 is 22.1 Å². The lowest BCUT2D eigenvalue weighted by atomic mass is 10.1. The Balaban J connectivity index is 2.59. The van der Waals surface area contributed by atoms with Gasteiger partial charge in [0.25, 0.3) is 0 Å². The van der Waals surface area contributed by atoms with Gasteiger partial charge in [0.2, 0.25) is 17.7 Å². The number of unbranched alkanes of at least 4 members (excludes halogenated alkanes) is 1. The lowest BCUT2D eigenvalue weighted by Crippen LogP contribution is -2.57. The van der Waals surface area contributed by atoms with Crippen molar-refractivity contribution in [1.29, 1.82) is 0 Å². The third kappa shape index (κ3) is 6.73. The van der Waals surface area contributed by atoms with Gasteiger partial charge in [-0.2, -0.15) is 0 Å². The van der Waals surface area contributed by atoms with E-state index in [4.69, 9.17) is 11.5 Å². The molecule has 1 rings (SSSR count). The highest BCUT2D eigenvalue weighted by molar-refractivity contribution is 5.94. The standard InChI is InChI=1S/C17H31N5O6/c1-10(20-15(25)11(19)5-2-3-7-18)14(24)21-12(9-23)16(26)22-8-4-6-13(22)17(27)28/h10-13,23H,2-9,18-19H2,1H3,(H,20,25)(H,21,24)(H,27,28). The number of carboxylic acid groups (broad SMARTS) is 1. The summed E-state index contributed by atoms with van der Waals surface area (Å²) in [5.74, 6) is -2.98. The second-order valence-corrected chi connectivity index (χ2v) is 6.89. The minimum absolute atomic E-state index is 0.242. The van der Waals surface area contributed by atoms with Crippen LogP contribution in [0.3, 0.4) is 0 Å². The van der Waals surface area contributed by atoms with Crippen LogP contribution in [0.1, 0.15) is 39.0 Å². The number of amides is 3. The fourth-order valence-electron chi connectivity index (χ4n) is 3.00. The number of hydrogen-bond donors (Lipinski definition) is 6. The molecule has 8 N–H and O–H groups in total. The Morgan fingerprint density at radius 3 is 2.43 bits per heavy atom. The molecule has 1 fully saturated rings. The number of aliphatic hydroxyl groups excluding tert-OH is 1. The Bertz CT molecular complexity index is 572. The monoisotopic (exact) mass is 401 g/mol. The van der Waals surface area contributed by atoms with Crippen LogP contribution in [-0.2, 0) is 19.2 Å². The molecule has 28 heavy (non-hydrogen) atoms. The van der Waals surface area contributed by atoms with Crippen LogP contribution in [0.5, 0.6) is 0 Å². The van der Waals surface area contributed by atoms with E-state index in [2.05, 4.69) is 10.6 Å². The molecule has 0 bridgehead atoms. The molecule has 160 valence electrons. The Labute approximate surface area is 163 Å². The average molecular weight is 401 g/mol. The molecule has 3 amide bonds. The van der Waals surface area contributed by atoms with Crippen molar-refractivity contribution in [2.45, 2.75) is 63.2 Å². The number of carboxylic acids is 1. The number of nitrogens with one attached hydrogen (secondary N) is 2. The van der Waals surface area contributed by atoms with Crippen molar-refractivity contribution in [1.82, 2.24) is 15.5 Å². The molecular weight excluding hydrogens is 370 g/mol. The van der Waals surface area contributed by atoms with Crippen LogP contribution in [0.4, 0.5) is 0 Å². The zero-order valence-corrected chi connectivity index (χ0v) is 16.1. The number of aliphatic carboxylic acids is 1. The molecule has 1 aliphatic heterocycles. The largest absolute Gasteiger partial charge is 0.480 e. The van der Waals surface area contributed by atoms with Crippen LogP contribution in [0.25, 0.3) is 0 Å². The predicted molar refractivity (Wildman–Crippen MR) is 99.9 cm³/mol. The van der Waals surface area contributed by atoms with E-state index in [0.717, 1.165) is 11.3 Å². The summed E-state index contributed by atoms with van der Waals surface area (Å²) in [4.78, 5) is 49.2. The molecule has 0 aromatic carbocycles. The van der Waals surface area contributed by atoms with Gasteiger partial charge in [-0.25, -0.2) is 4.79 Å². The van der Waals surface area contributed by atoms with Gasteiger partial charge in [0.1, 0.15) is 18.1 Å². The van der Waals surface area contributed by atoms with Crippen LogP contribution in [0.2, 0.25) is 0 Å². The van der Waals surface area contributed by atoms with Gasteiger partial charge in [0, 0.05) is 6.54 Å². The number of carbonyl (C=O) groups excluding carboxylic acids is 3. The summed E-state index contributed by atoms with van der Waals surface area (Å²) in [6, 6.07) is -4.02. The number of hydrogen-bond acceptors (Lipinski definition) is 7. The van der Waals surface area contributed by atoms with E-state index in [9.17, 15) is 29.4 Å². The van der Waals surface area contributed by atoms with E-state index in [0.29, 0.717) is 32.2 Å². The molecule has 1 aliphatic rings. The first-order valence-corrected chi connectivity index (χ1v) is 9.43. The molecule has 1 heterocycles. The summed E-state index contributed by atoms with van der Waals surface area (Å²) in [5, 5.41) is 23.5. The van der Waals surface area contributed by atoms with E-state index in [1.807, 2.05) is 0 Å². The molecule has 0 aromatic heterocycles. The maximum atomic E-state index is 12.5. The van der Waals surface area contributed by atoms with Gasteiger partial charge in [-0.3, -0.25) is 14.4 Å². The maximum Gasteiger partial charge on any atom is 0.326 e. The average Bonchev–Trinajstić information content (AvgIpc) is 3.15. The molecule has 1 saturated heterocycles. The Kier molecular flexibility index (Phi) is 9.83. The summed E-state index contributed by atoms with van der Waals surface area (Å²) < 4.78 is 0. The van der Waals surface area contributed by atoms with Gasteiger partial charge in [-0.15, -0.1) is 0 Å². The first kappa shape index (κ1) is 23.8. The number of carbonyl (C=O) groups is 4. The lowest BCUT2D eigenvalue weighted by molar-refractivity contribution is -0.150. The van der Waals surface area contributed by atoms with Gasteiger partial charge in [0.05, 0.1) is 12.6 Å². The van der Waals surface area contributed by atoms with E-state index in [-0.39, 0.29) is 6.54 Å². The maximum absolute atomic E-state index is 12.5. The van der Waals surface area contributed by atoms with Gasteiger partial charge in [-0.05, 0) is 39.2 Å². The predicted octanol–water partition coefficient (Wildman–Crippen LogP) is -2.50. The van der Waals surface area contributed by atoms with E-state index in [1.54, 1.807) is 0 Å². The van der Waals surface area contributed by atoms with Gasteiger partial charge in [-0.1, -0.05) is 6.42 Å². The quantitative estimate of drug-likeness (QED) is 0.205. The van der Waals surface area contributed by atoms with Crippen molar-refractivity contribution in [2.24, 2.45) is 11.5 Å². The molecule has 0 aromatic rings. The highest BCUT2D eigenvalue weighted by atomic mass is 16.4. The molecule has 4 unspecified atom stereocenters.